The lowest BCUT2D eigenvalue weighted by atomic mass is 10.1. The molecule has 2 aromatic carbocycles. The standard InChI is InChI=1S/C17H20N2O4/c1-18-11-10-14-2-6-16(7-3-14)22-12-13-23-17-8-4-15(5-9-17)19(20)21/h2-9,18H,10-13H2,1H3. The molecule has 0 heterocycles. The highest BCUT2D eigenvalue weighted by atomic mass is 16.6. The third-order valence-corrected chi connectivity index (χ3v) is 3.26. The second-order valence-corrected chi connectivity index (χ2v) is 4.95. The fraction of sp³-hybridized carbons (Fsp3) is 0.294. The van der Waals surface area contributed by atoms with Gasteiger partial charge in [0.05, 0.1) is 4.92 Å². The predicted molar refractivity (Wildman–Crippen MR) is 88.2 cm³/mol. The van der Waals surface area contributed by atoms with Gasteiger partial charge in [-0.25, -0.2) is 0 Å². The summed E-state index contributed by atoms with van der Waals surface area (Å²) in [5.74, 6) is 1.38. The summed E-state index contributed by atoms with van der Waals surface area (Å²) >= 11 is 0. The molecule has 6 nitrogen and oxygen atoms in total. The first kappa shape index (κ1) is 16.8. The lowest BCUT2D eigenvalue weighted by Gasteiger charge is -2.09. The van der Waals surface area contributed by atoms with E-state index in [1.165, 1.54) is 17.7 Å². The van der Waals surface area contributed by atoms with Crippen molar-refractivity contribution in [2.45, 2.75) is 6.42 Å². The Morgan fingerprint density at radius 3 is 1.96 bits per heavy atom. The van der Waals surface area contributed by atoms with Crippen molar-refractivity contribution in [3.05, 3.63) is 64.2 Å². The van der Waals surface area contributed by atoms with E-state index < -0.39 is 4.92 Å². The predicted octanol–water partition coefficient (Wildman–Crippen LogP) is 2.81. The second-order valence-electron chi connectivity index (χ2n) is 4.95. The summed E-state index contributed by atoms with van der Waals surface area (Å²) in [4.78, 5) is 10.1. The summed E-state index contributed by atoms with van der Waals surface area (Å²) in [6, 6.07) is 14.0. The van der Waals surface area contributed by atoms with E-state index in [1.54, 1.807) is 12.1 Å². The summed E-state index contributed by atoms with van der Waals surface area (Å²) in [6.07, 6.45) is 0.986. The molecule has 0 aliphatic rings. The highest BCUT2D eigenvalue weighted by molar-refractivity contribution is 5.36. The van der Waals surface area contributed by atoms with Crippen LogP contribution in [0, 0.1) is 10.1 Å². The van der Waals surface area contributed by atoms with Crippen LogP contribution in [-0.2, 0) is 6.42 Å². The van der Waals surface area contributed by atoms with Gasteiger partial charge in [0.15, 0.2) is 0 Å². The molecule has 2 aromatic rings. The maximum Gasteiger partial charge on any atom is 0.269 e. The van der Waals surface area contributed by atoms with Gasteiger partial charge in [0.25, 0.3) is 5.69 Å². The van der Waals surface area contributed by atoms with Crippen LogP contribution < -0.4 is 14.8 Å². The molecule has 0 amide bonds. The van der Waals surface area contributed by atoms with Crippen LogP contribution in [0.2, 0.25) is 0 Å². The number of nitro benzene ring substituents is 1. The third-order valence-electron chi connectivity index (χ3n) is 3.26. The second kappa shape index (κ2) is 8.75. The van der Waals surface area contributed by atoms with Gasteiger partial charge in [-0.15, -0.1) is 0 Å². The number of ether oxygens (including phenoxy) is 2. The van der Waals surface area contributed by atoms with Crippen molar-refractivity contribution in [2.24, 2.45) is 0 Å². The van der Waals surface area contributed by atoms with Crippen LogP contribution in [0.4, 0.5) is 5.69 Å². The molecule has 2 rings (SSSR count). The molecule has 0 spiro atoms. The Balaban J connectivity index is 1.71. The Labute approximate surface area is 135 Å². The molecule has 0 radical (unpaired) electrons. The molecule has 122 valence electrons. The fourth-order valence-corrected chi connectivity index (χ4v) is 2.00. The summed E-state index contributed by atoms with van der Waals surface area (Å²) in [6.45, 7) is 1.73. The van der Waals surface area contributed by atoms with Crippen molar-refractivity contribution in [3.8, 4) is 11.5 Å². The lowest BCUT2D eigenvalue weighted by molar-refractivity contribution is -0.384. The number of hydrogen-bond acceptors (Lipinski definition) is 5. The van der Waals surface area contributed by atoms with Crippen LogP contribution in [0.25, 0.3) is 0 Å². The maximum atomic E-state index is 10.6. The molecule has 0 saturated heterocycles. The van der Waals surface area contributed by atoms with Crippen LogP contribution in [0.1, 0.15) is 5.56 Å². The molecule has 0 aliphatic carbocycles. The van der Waals surface area contributed by atoms with E-state index in [4.69, 9.17) is 9.47 Å². The summed E-state index contributed by atoms with van der Waals surface area (Å²) < 4.78 is 11.1. The van der Waals surface area contributed by atoms with Crippen molar-refractivity contribution < 1.29 is 14.4 Å². The fourth-order valence-electron chi connectivity index (χ4n) is 2.00. The summed E-state index contributed by atoms with van der Waals surface area (Å²) in [5.41, 5.74) is 1.31. The summed E-state index contributed by atoms with van der Waals surface area (Å²) in [5, 5.41) is 13.7. The molecule has 0 aliphatic heterocycles. The number of rotatable bonds is 9. The molecule has 6 heteroatoms. The normalized spacial score (nSPS) is 10.3. The Morgan fingerprint density at radius 1 is 0.957 bits per heavy atom. The van der Waals surface area contributed by atoms with Gasteiger partial charge in [-0.1, -0.05) is 12.1 Å². The van der Waals surface area contributed by atoms with Gasteiger partial charge in [0.1, 0.15) is 24.7 Å². The number of non-ortho nitro benzene ring substituents is 1. The first-order valence-corrected chi connectivity index (χ1v) is 7.42. The first-order chi connectivity index (χ1) is 11.2. The van der Waals surface area contributed by atoms with Gasteiger partial charge in [-0.3, -0.25) is 10.1 Å². The Bertz CT molecular complexity index is 611. The minimum absolute atomic E-state index is 0.0481. The highest BCUT2D eigenvalue weighted by Gasteiger charge is 2.04. The zero-order valence-corrected chi connectivity index (χ0v) is 13.0. The zero-order chi connectivity index (χ0) is 16.5. The average molecular weight is 316 g/mol. The van der Waals surface area contributed by atoms with Crippen molar-refractivity contribution in [3.63, 3.8) is 0 Å². The molecule has 0 aromatic heterocycles. The highest BCUT2D eigenvalue weighted by Crippen LogP contribution is 2.17. The number of hydrogen-bond donors (Lipinski definition) is 1. The molecule has 0 fully saturated rings. The molecule has 0 unspecified atom stereocenters. The van der Waals surface area contributed by atoms with Gasteiger partial charge in [-0.2, -0.15) is 0 Å². The number of benzene rings is 2. The number of nitro groups is 1. The van der Waals surface area contributed by atoms with E-state index in [0.29, 0.717) is 19.0 Å². The van der Waals surface area contributed by atoms with Crippen LogP contribution in [0.15, 0.2) is 48.5 Å². The molecule has 0 saturated carbocycles. The maximum absolute atomic E-state index is 10.6. The van der Waals surface area contributed by atoms with Gasteiger partial charge < -0.3 is 14.8 Å². The van der Waals surface area contributed by atoms with Crippen LogP contribution >= 0.6 is 0 Å². The minimum atomic E-state index is -0.437. The Kier molecular flexibility index (Phi) is 6.38. The molecule has 1 N–H and O–H groups in total. The largest absolute Gasteiger partial charge is 0.490 e. The van der Waals surface area contributed by atoms with Crippen molar-refractivity contribution >= 4 is 5.69 Å². The van der Waals surface area contributed by atoms with E-state index in [0.717, 1.165) is 18.7 Å². The van der Waals surface area contributed by atoms with E-state index in [9.17, 15) is 10.1 Å². The van der Waals surface area contributed by atoms with E-state index >= 15 is 0 Å². The quantitative estimate of drug-likeness (QED) is 0.437. The van der Waals surface area contributed by atoms with E-state index in [1.807, 2.05) is 31.3 Å². The van der Waals surface area contributed by atoms with Gasteiger partial charge in [0.2, 0.25) is 0 Å². The number of nitrogens with zero attached hydrogens (tertiary/aromatic N) is 1. The van der Waals surface area contributed by atoms with Gasteiger partial charge >= 0.3 is 0 Å². The smallest absolute Gasteiger partial charge is 0.269 e. The van der Waals surface area contributed by atoms with Crippen molar-refractivity contribution in [1.29, 1.82) is 0 Å². The molecule has 0 bridgehead atoms. The number of nitrogens with one attached hydrogen (secondary N) is 1. The minimum Gasteiger partial charge on any atom is -0.490 e. The topological polar surface area (TPSA) is 73.6 Å². The van der Waals surface area contributed by atoms with Crippen LogP contribution in [0.3, 0.4) is 0 Å². The first-order valence-electron chi connectivity index (χ1n) is 7.42. The van der Waals surface area contributed by atoms with E-state index in [-0.39, 0.29) is 5.69 Å². The van der Waals surface area contributed by atoms with Crippen molar-refractivity contribution in [1.82, 2.24) is 5.32 Å². The average Bonchev–Trinajstić information content (AvgIpc) is 2.58. The molecule has 23 heavy (non-hydrogen) atoms. The Morgan fingerprint density at radius 2 is 1.48 bits per heavy atom. The monoisotopic (exact) mass is 316 g/mol. The van der Waals surface area contributed by atoms with Gasteiger partial charge in [0, 0.05) is 12.1 Å². The molecular formula is C17H20N2O4. The van der Waals surface area contributed by atoms with E-state index in [2.05, 4.69) is 5.32 Å². The van der Waals surface area contributed by atoms with Crippen LogP contribution in [0.5, 0.6) is 11.5 Å². The lowest BCUT2D eigenvalue weighted by Crippen LogP contribution is -2.10. The SMILES string of the molecule is CNCCc1ccc(OCCOc2ccc([N+](=O)[O-])cc2)cc1. The van der Waals surface area contributed by atoms with Crippen LogP contribution in [-0.4, -0.2) is 31.7 Å². The molecular weight excluding hydrogens is 296 g/mol. The zero-order valence-electron chi connectivity index (χ0n) is 13.0. The van der Waals surface area contributed by atoms with Gasteiger partial charge in [-0.05, 0) is 49.8 Å². The van der Waals surface area contributed by atoms with Crippen molar-refractivity contribution in [2.75, 3.05) is 26.8 Å². The Hall–Kier alpha value is -2.60. The number of likely N-dealkylation sites (N-methyl/N-ethyl adjacent to an activating group) is 1. The molecule has 0 atom stereocenters. The third kappa shape index (κ3) is 5.60. The summed E-state index contributed by atoms with van der Waals surface area (Å²) in [7, 11) is 1.93.